The number of rotatable bonds is 2. The van der Waals surface area contributed by atoms with Gasteiger partial charge >= 0.3 is 18.6 Å². The molecule has 1 radical (unpaired) electrons. The van der Waals surface area contributed by atoms with Crippen molar-refractivity contribution >= 4 is 21.5 Å². The molecular formula is C26H32V. The van der Waals surface area contributed by atoms with E-state index in [1.165, 1.54) is 34.4 Å². The smallest absolute Gasteiger partial charge is 0.343 e. The molecule has 0 nitrogen and oxygen atoms in total. The molecule has 0 saturated heterocycles. The van der Waals surface area contributed by atoms with Crippen molar-refractivity contribution in [3.05, 3.63) is 98.8 Å². The minimum atomic E-state index is 0. The van der Waals surface area contributed by atoms with Gasteiger partial charge in [0, 0.05) is 0 Å². The number of benzene rings is 2. The van der Waals surface area contributed by atoms with Gasteiger partial charge in [-0.25, -0.2) is 0 Å². The predicted molar refractivity (Wildman–Crippen MR) is 120 cm³/mol. The zero-order valence-corrected chi connectivity index (χ0v) is 18.2. The van der Waals surface area contributed by atoms with Crippen LogP contribution in [-0.4, -0.2) is 0 Å². The van der Waals surface area contributed by atoms with E-state index in [2.05, 4.69) is 113 Å². The molecule has 0 aliphatic carbocycles. The third-order valence-electron chi connectivity index (χ3n) is 3.80. The molecule has 1 heteroatoms. The van der Waals surface area contributed by atoms with Gasteiger partial charge in [0.05, 0.1) is 0 Å². The van der Waals surface area contributed by atoms with Crippen LogP contribution in [-0.2, 0) is 18.6 Å². The maximum atomic E-state index is 3.60. The van der Waals surface area contributed by atoms with Crippen molar-refractivity contribution in [3.8, 4) is 0 Å². The number of unbranched alkanes of at least 4 members (excludes halogenated alkanes) is 2. The fourth-order valence-electron chi connectivity index (χ4n) is 2.14. The quantitative estimate of drug-likeness (QED) is 0.299. The van der Waals surface area contributed by atoms with Gasteiger partial charge in [0.2, 0.25) is 0 Å². The van der Waals surface area contributed by atoms with E-state index in [0.29, 0.717) is 0 Å². The molecule has 0 spiro atoms. The molecular weight excluding hydrogens is 363 g/mol. The fraction of sp³-hybridized carbons (Fsp3) is 0.231. The maximum Gasteiger partial charge on any atom is 4.00 e. The molecule has 0 aliphatic heterocycles. The first-order chi connectivity index (χ1) is 12.8. The van der Waals surface area contributed by atoms with Gasteiger partial charge < -0.3 is 13.8 Å². The second-order valence-electron chi connectivity index (χ2n) is 6.02. The Morgan fingerprint density at radius 1 is 0.630 bits per heavy atom. The Hall–Kier alpha value is -1.76. The van der Waals surface area contributed by atoms with Crippen LogP contribution < -0.4 is 0 Å². The minimum absolute atomic E-state index is 0. The Labute approximate surface area is 178 Å². The van der Waals surface area contributed by atoms with Crippen LogP contribution >= 0.6 is 0 Å². The van der Waals surface area contributed by atoms with Crippen LogP contribution in [0.15, 0.2) is 84.9 Å². The van der Waals surface area contributed by atoms with Crippen molar-refractivity contribution in [1.29, 1.82) is 0 Å². The summed E-state index contributed by atoms with van der Waals surface area (Å²) in [4.78, 5) is 0. The average Bonchev–Trinajstić information content (AvgIpc) is 3.37. The van der Waals surface area contributed by atoms with E-state index in [-0.39, 0.29) is 18.6 Å². The number of hydrogen-bond acceptors (Lipinski definition) is 0. The van der Waals surface area contributed by atoms with Gasteiger partial charge in [0.25, 0.3) is 0 Å². The minimum Gasteiger partial charge on any atom is -0.343 e. The van der Waals surface area contributed by atoms with Crippen molar-refractivity contribution in [1.82, 2.24) is 0 Å². The van der Waals surface area contributed by atoms with Crippen LogP contribution in [0.4, 0.5) is 0 Å². The summed E-state index contributed by atoms with van der Waals surface area (Å²) in [7, 11) is 0. The Kier molecular flexibility index (Phi) is 15.4. The summed E-state index contributed by atoms with van der Waals surface area (Å²) >= 11 is 0. The van der Waals surface area contributed by atoms with Crippen LogP contribution in [0, 0.1) is 13.8 Å². The normalized spacial score (nSPS) is 9.04. The zero-order valence-electron chi connectivity index (χ0n) is 16.8. The zero-order chi connectivity index (χ0) is 19.0. The van der Waals surface area contributed by atoms with Crippen molar-refractivity contribution < 1.29 is 18.6 Å². The van der Waals surface area contributed by atoms with Gasteiger partial charge in [-0.05, 0) is 0 Å². The molecule has 141 valence electrons. The van der Waals surface area contributed by atoms with Gasteiger partial charge in [0.15, 0.2) is 0 Å². The van der Waals surface area contributed by atoms with Crippen molar-refractivity contribution in [2.75, 3.05) is 0 Å². The van der Waals surface area contributed by atoms with E-state index in [4.69, 9.17) is 0 Å². The Morgan fingerprint density at radius 3 is 1.26 bits per heavy atom. The summed E-state index contributed by atoms with van der Waals surface area (Å²) in [6.07, 6.45) is 4.56. The molecule has 0 bridgehead atoms. The van der Waals surface area contributed by atoms with E-state index >= 15 is 0 Å². The van der Waals surface area contributed by atoms with Crippen LogP contribution in [0.3, 0.4) is 0 Å². The van der Waals surface area contributed by atoms with Crippen LogP contribution in [0.5, 0.6) is 0 Å². The number of hydrogen-bond donors (Lipinski definition) is 0. The predicted octanol–water partition coefficient (Wildman–Crippen LogP) is 8.36. The summed E-state index contributed by atoms with van der Waals surface area (Å²) in [6.45, 7) is 11.4. The van der Waals surface area contributed by atoms with Crippen molar-refractivity contribution in [3.63, 3.8) is 0 Å². The summed E-state index contributed by atoms with van der Waals surface area (Å²) in [5, 5.41) is 5.32. The summed E-state index contributed by atoms with van der Waals surface area (Å²) in [5.74, 6) is 0. The first kappa shape index (κ1) is 25.2. The standard InChI is InChI=1S/2C9H7.2C4H9.V/c2*1-2-5-9-7-3-6-8(9)4-1;2*1-3-4-2;/h2*1-7H;2*1,3-4H2,2H3;/q4*-1;+4. The van der Waals surface area contributed by atoms with Crippen LogP contribution in [0.25, 0.3) is 21.5 Å². The van der Waals surface area contributed by atoms with Gasteiger partial charge in [-0.2, -0.15) is 47.9 Å². The average molecular weight is 395 g/mol. The molecule has 4 aromatic rings. The first-order valence-electron chi connectivity index (χ1n) is 9.56. The molecule has 0 N–H and O–H groups in total. The fourth-order valence-corrected chi connectivity index (χ4v) is 2.14. The molecule has 27 heavy (non-hydrogen) atoms. The molecule has 0 saturated carbocycles. The van der Waals surface area contributed by atoms with Gasteiger partial charge in [-0.3, -0.25) is 0 Å². The molecule has 0 amide bonds. The van der Waals surface area contributed by atoms with Crippen molar-refractivity contribution in [2.45, 2.75) is 39.5 Å². The van der Waals surface area contributed by atoms with E-state index in [0.717, 1.165) is 12.8 Å². The molecule has 0 aromatic heterocycles. The molecule has 0 fully saturated rings. The summed E-state index contributed by atoms with van der Waals surface area (Å²) < 4.78 is 0. The molecule has 0 aliphatic rings. The van der Waals surface area contributed by atoms with Crippen molar-refractivity contribution in [2.24, 2.45) is 0 Å². The summed E-state index contributed by atoms with van der Waals surface area (Å²) in [6, 6.07) is 29.3. The molecule has 4 rings (SSSR count). The van der Waals surface area contributed by atoms with Gasteiger partial charge in [-0.1, -0.05) is 38.8 Å². The Bertz CT molecular complexity index is 672. The Morgan fingerprint density at radius 2 is 0.963 bits per heavy atom. The van der Waals surface area contributed by atoms with Crippen LogP contribution in [0.2, 0.25) is 0 Å². The third kappa shape index (κ3) is 10.2. The third-order valence-corrected chi connectivity index (χ3v) is 3.80. The largest absolute Gasteiger partial charge is 4.00 e. The monoisotopic (exact) mass is 395 g/mol. The van der Waals surface area contributed by atoms with E-state index in [1.54, 1.807) is 0 Å². The first-order valence-corrected chi connectivity index (χ1v) is 9.56. The molecule has 4 aromatic carbocycles. The molecule has 0 heterocycles. The maximum absolute atomic E-state index is 3.60. The van der Waals surface area contributed by atoms with E-state index in [1.807, 2.05) is 0 Å². The SMILES string of the molecule is [CH2-]CCC.[CH2-]CCC.[V+4].c1ccc2[cH-]ccc2c1.c1ccc2[cH-]ccc2c1. The molecule has 0 atom stereocenters. The second-order valence-corrected chi connectivity index (χ2v) is 6.02. The topological polar surface area (TPSA) is 0 Å². The van der Waals surface area contributed by atoms with Gasteiger partial charge in [0.1, 0.15) is 0 Å². The number of fused-ring (bicyclic) bond motifs is 2. The van der Waals surface area contributed by atoms with E-state index < -0.39 is 0 Å². The van der Waals surface area contributed by atoms with Gasteiger partial charge in [-0.15, -0.1) is 59.3 Å². The Balaban J connectivity index is 0.000000357. The summed E-state index contributed by atoms with van der Waals surface area (Å²) in [5.41, 5.74) is 0. The molecule has 0 unspecified atom stereocenters. The second kappa shape index (κ2) is 16.4. The van der Waals surface area contributed by atoms with Crippen LogP contribution in [0.1, 0.15) is 39.5 Å². The van der Waals surface area contributed by atoms with E-state index in [9.17, 15) is 0 Å².